The second kappa shape index (κ2) is 6.17. The Labute approximate surface area is 119 Å². The summed E-state index contributed by atoms with van der Waals surface area (Å²) in [4.78, 5) is 6.20. The van der Waals surface area contributed by atoms with Crippen molar-refractivity contribution in [2.75, 3.05) is 26.7 Å². The highest BCUT2D eigenvalue weighted by Gasteiger charge is 2.20. The highest BCUT2D eigenvalue weighted by molar-refractivity contribution is 7.89. The van der Waals surface area contributed by atoms with E-state index in [1.54, 1.807) is 0 Å². The summed E-state index contributed by atoms with van der Waals surface area (Å²) in [6.45, 7) is 2.52. The van der Waals surface area contributed by atoms with Gasteiger partial charge in [-0.3, -0.25) is 0 Å². The van der Waals surface area contributed by atoms with Crippen LogP contribution in [0.2, 0.25) is 5.15 Å². The third kappa shape index (κ3) is 4.14. The molecular formula is C12H18ClN3O2S. The van der Waals surface area contributed by atoms with E-state index in [2.05, 4.69) is 21.7 Å². The monoisotopic (exact) mass is 303 g/mol. The predicted octanol–water partition coefficient (Wildman–Crippen LogP) is 1.36. The molecule has 7 heteroatoms. The molecule has 2 rings (SSSR count). The van der Waals surface area contributed by atoms with Gasteiger partial charge in [-0.2, -0.15) is 0 Å². The van der Waals surface area contributed by atoms with Crippen LogP contribution in [0.3, 0.4) is 0 Å². The highest BCUT2D eigenvalue weighted by atomic mass is 35.5. The van der Waals surface area contributed by atoms with Gasteiger partial charge in [0.25, 0.3) is 0 Å². The number of pyridine rings is 1. The van der Waals surface area contributed by atoms with E-state index < -0.39 is 10.0 Å². The first-order valence-electron chi connectivity index (χ1n) is 6.27. The number of rotatable bonds is 4. The van der Waals surface area contributed by atoms with Gasteiger partial charge in [-0.25, -0.2) is 18.1 Å². The minimum Gasteiger partial charge on any atom is -0.306 e. The van der Waals surface area contributed by atoms with Gasteiger partial charge in [0.2, 0.25) is 10.0 Å². The fourth-order valence-corrected chi connectivity index (χ4v) is 3.50. The van der Waals surface area contributed by atoms with Crippen molar-refractivity contribution < 1.29 is 8.42 Å². The molecule has 0 radical (unpaired) electrons. The van der Waals surface area contributed by atoms with Gasteiger partial charge in [-0.1, -0.05) is 11.6 Å². The molecule has 1 aromatic heterocycles. The normalized spacial score (nSPS) is 18.6. The van der Waals surface area contributed by atoms with Crippen LogP contribution in [0, 0.1) is 5.92 Å². The van der Waals surface area contributed by atoms with Crippen molar-refractivity contribution in [3.63, 3.8) is 0 Å². The minimum atomic E-state index is -3.48. The van der Waals surface area contributed by atoms with Crippen molar-refractivity contribution in [3.05, 3.63) is 23.5 Å². The van der Waals surface area contributed by atoms with E-state index in [1.807, 2.05) is 0 Å². The summed E-state index contributed by atoms with van der Waals surface area (Å²) < 4.78 is 26.8. The van der Waals surface area contributed by atoms with Crippen LogP contribution in [-0.4, -0.2) is 45.0 Å². The maximum absolute atomic E-state index is 12.1. The molecule has 1 aliphatic heterocycles. The number of hydrogen-bond donors (Lipinski definition) is 1. The summed E-state index contributed by atoms with van der Waals surface area (Å²) in [5.74, 6) is 0.406. The molecule has 0 bridgehead atoms. The molecule has 1 saturated heterocycles. The van der Waals surface area contributed by atoms with Crippen molar-refractivity contribution in [1.82, 2.24) is 14.6 Å². The molecule has 19 heavy (non-hydrogen) atoms. The number of halogens is 1. The van der Waals surface area contributed by atoms with E-state index in [0.29, 0.717) is 12.5 Å². The molecule has 0 unspecified atom stereocenters. The Kier molecular flexibility index (Phi) is 4.78. The number of sulfonamides is 1. The number of hydrogen-bond acceptors (Lipinski definition) is 4. The van der Waals surface area contributed by atoms with Gasteiger partial charge in [0.05, 0.1) is 4.90 Å². The Morgan fingerprint density at radius 1 is 1.47 bits per heavy atom. The van der Waals surface area contributed by atoms with Gasteiger partial charge >= 0.3 is 0 Å². The molecule has 0 spiro atoms. The maximum Gasteiger partial charge on any atom is 0.240 e. The quantitative estimate of drug-likeness (QED) is 0.853. The number of piperidine rings is 1. The maximum atomic E-state index is 12.1. The van der Waals surface area contributed by atoms with Gasteiger partial charge in [0, 0.05) is 12.7 Å². The third-order valence-corrected chi connectivity index (χ3v) is 5.04. The predicted molar refractivity (Wildman–Crippen MR) is 74.7 cm³/mol. The van der Waals surface area contributed by atoms with Crippen LogP contribution in [0.25, 0.3) is 0 Å². The third-order valence-electron chi connectivity index (χ3n) is 3.41. The zero-order chi connectivity index (χ0) is 13.9. The molecule has 1 N–H and O–H groups in total. The van der Waals surface area contributed by atoms with Crippen molar-refractivity contribution in [2.45, 2.75) is 17.7 Å². The molecule has 0 amide bonds. The molecule has 106 valence electrons. The molecule has 2 heterocycles. The molecular weight excluding hydrogens is 286 g/mol. The zero-order valence-corrected chi connectivity index (χ0v) is 12.4. The van der Waals surface area contributed by atoms with Crippen molar-refractivity contribution in [1.29, 1.82) is 0 Å². The first-order chi connectivity index (χ1) is 8.97. The second-order valence-corrected chi connectivity index (χ2v) is 7.07. The first kappa shape index (κ1) is 14.7. The Morgan fingerprint density at radius 3 is 2.79 bits per heavy atom. The lowest BCUT2D eigenvalue weighted by molar-refractivity contribution is 0.220. The topological polar surface area (TPSA) is 62.3 Å². The standard InChI is InChI=1S/C12H18ClN3O2S/c1-16-6-3-10(4-7-16)9-15-19(17,18)11-2-5-14-12(13)8-11/h2,5,8,10,15H,3-4,6-7,9H2,1H3. The Bertz CT molecular complexity index is 528. The molecule has 0 atom stereocenters. The average Bonchev–Trinajstić information content (AvgIpc) is 2.38. The van der Waals surface area contributed by atoms with Crippen LogP contribution < -0.4 is 4.72 Å². The van der Waals surface area contributed by atoms with Crippen LogP contribution >= 0.6 is 11.6 Å². The summed E-state index contributed by atoms with van der Waals surface area (Å²) in [7, 11) is -1.40. The van der Waals surface area contributed by atoms with Gasteiger partial charge in [0.1, 0.15) is 5.15 Å². The smallest absolute Gasteiger partial charge is 0.240 e. The van der Waals surface area contributed by atoms with E-state index in [-0.39, 0.29) is 10.0 Å². The number of nitrogens with zero attached hydrogens (tertiary/aromatic N) is 2. The SMILES string of the molecule is CN1CCC(CNS(=O)(=O)c2ccnc(Cl)c2)CC1. The van der Waals surface area contributed by atoms with Gasteiger partial charge in [0.15, 0.2) is 0 Å². The Balaban J connectivity index is 1.95. The molecule has 1 aromatic rings. The lowest BCUT2D eigenvalue weighted by Gasteiger charge is -2.28. The van der Waals surface area contributed by atoms with Crippen LogP contribution in [0.1, 0.15) is 12.8 Å². The van der Waals surface area contributed by atoms with Crippen LogP contribution in [0.15, 0.2) is 23.2 Å². The molecule has 0 aromatic carbocycles. The zero-order valence-electron chi connectivity index (χ0n) is 10.8. The molecule has 0 saturated carbocycles. The summed E-state index contributed by atoms with van der Waals surface area (Å²) in [5.41, 5.74) is 0. The van der Waals surface area contributed by atoms with E-state index in [4.69, 9.17) is 11.6 Å². The highest BCUT2D eigenvalue weighted by Crippen LogP contribution is 2.17. The number of likely N-dealkylation sites (tertiary alicyclic amines) is 1. The number of nitrogens with one attached hydrogen (secondary N) is 1. The van der Waals surface area contributed by atoms with Crippen molar-refractivity contribution in [2.24, 2.45) is 5.92 Å². The average molecular weight is 304 g/mol. The summed E-state index contributed by atoms with van der Waals surface area (Å²) in [5, 5.41) is 0.183. The summed E-state index contributed by atoms with van der Waals surface area (Å²) in [6.07, 6.45) is 3.44. The molecule has 1 aliphatic rings. The fraction of sp³-hybridized carbons (Fsp3) is 0.583. The number of aromatic nitrogens is 1. The fourth-order valence-electron chi connectivity index (χ4n) is 2.13. The van der Waals surface area contributed by atoms with Gasteiger partial charge < -0.3 is 4.90 Å². The largest absolute Gasteiger partial charge is 0.306 e. The minimum absolute atomic E-state index is 0.167. The Morgan fingerprint density at radius 2 is 2.16 bits per heavy atom. The van der Waals surface area contributed by atoms with Crippen LogP contribution in [0.4, 0.5) is 0 Å². The lowest BCUT2D eigenvalue weighted by Crippen LogP contribution is -2.36. The summed E-state index contributed by atoms with van der Waals surface area (Å²) in [6, 6.07) is 2.81. The van der Waals surface area contributed by atoms with Gasteiger partial charge in [-0.05, 0) is 51.0 Å². The summed E-state index contributed by atoms with van der Waals surface area (Å²) >= 11 is 5.71. The van der Waals surface area contributed by atoms with E-state index in [0.717, 1.165) is 25.9 Å². The molecule has 0 aliphatic carbocycles. The van der Waals surface area contributed by atoms with Crippen LogP contribution in [0.5, 0.6) is 0 Å². The van der Waals surface area contributed by atoms with E-state index >= 15 is 0 Å². The van der Waals surface area contributed by atoms with Gasteiger partial charge in [-0.15, -0.1) is 0 Å². The van der Waals surface area contributed by atoms with Crippen molar-refractivity contribution in [3.8, 4) is 0 Å². The van der Waals surface area contributed by atoms with E-state index in [9.17, 15) is 8.42 Å². The Hall–Kier alpha value is -0.690. The van der Waals surface area contributed by atoms with Crippen molar-refractivity contribution >= 4 is 21.6 Å². The second-order valence-electron chi connectivity index (χ2n) is 4.91. The van der Waals surface area contributed by atoms with E-state index in [1.165, 1.54) is 18.3 Å². The first-order valence-corrected chi connectivity index (χ1v) is 8.13. The molecule has 5 nitrogen and oxygen atoms in total. The molecule has 1 fully saturated rings. The lowest BCUT2D eigenvalue weighted by atomic mass is 9.98. The van der Waals surface area contributed by atoms with Crippen LogP contribution in [-0.2, 0) is 10.0 Å².